The van der Waals surface area contributed by atoms with E-state index in [1.165, 1.54) is 0 Å². The Morgan fingerprint density at radius 2 is 1.86 bits per heavy atom. The van der Waals surface area contributed by atoms with Crippen molar-refractivity contribution < 1.29 is 14.3 Å². The van der Waals surface area contributed by atoms with Crippen LogP contribution in [-0.4, -0.2) is 31.5 Å². The molecule has 0 aliphatic carbocycles. The van der Waals surface area contributed by atoms with Crippen molar-refractivity contribution in [2.24, 2.45) is 5.73 Å². The van der Waals surface area contributed by atoms with E-state index in [1.807, 2.05) is 6.92 Å². The average molecular weight is 316 g/mol. The lowest BCUT2D eigenvalue weighted by Gasteiger charge is -2.08. The first-order valence-electron chi connectivity index (χ1n) is 6.65. The number of likely N-dealkylation sites (N-methyl/N-ethyl adjacent to an activating group) is 1. The van der Waals surface area contributed by atoms with Crippen LogP contribution in [0.4, 0.5) is 5.69 Å². The van der Waals surface area contributed by atoms with Crippen LogP contribution in [0, 0.1) is 0 Å². The van der Waals surface area contributed by atoms with Gasteiger partial charge in [0.25, 0.3) is 5.91 Å². The highest BCUT2D eigenvalue weighted by Gasteiger charge is 2.03. The van der Waals surface area contributed by atoms with Gasteiger partial charge in [0.2, 0.25) is 5.91 Å². The molecule has 2 amide bonds. The fourth-order valence-corrected chi connectivity index (χ4v) is 1.52. The third-order valence-electron chi connectivity index (χ3n) is 2.49. The fraction of sp³-hybridized carbons (Fsp3) is 0.429. The summed E-state index contributed by atoms with van der Waals surface area (Å²) in [7, 11) is 0. The summed E-state index contributed by atoms with van der Waals surface area (Å²) in [5.74, 6) is 0.356. The average Bonchev–Trinajstić information content (AvgIpc) is 2.45. The van der Waals surface area contributed by atoms with Crippen LogP contribution < -0.4 is 21.1 Å². The lowest BCUT2D eigenvalue weighted by Crippen LogP contribution is -2.28. The van der Waals surface area contributed by atoms with Crippen molar-refractivity contribution in [3.63, 3.8) is 0 Å². The largest absolute Gasteiger partial charge is 0.484 e. The van der Waals surface area contributed by atoms with Crippen LogP contribution in [0.5, 0.6) is 5.75 Å². The number of carbonyl (C=O) groups excluding carboxylic acids is 2. The highest BCUT2D eigenvalue weighted by atomic mass is 35.5. The first-order valence-corrected chi connectivity index (χ1v) is 6.65. The van der Waals surface area contributed by atoms with Crippen molar-refractivity contribution in [2.75, 3.05) is 25.0 Å². The molecule has 0 bridgehead atoms. The maximum Gasteiger partial charge on any atom is 0.257 e. The molecule has 0 atom stereocenters. The van der Waals surface area contributed by atoms with Gasteiger partial charge < -0.3 is 21.1 Å². The summed E-state index contributed by atoms with van der Waals surface area (Å²) in [6.07, 6.45) is 1.07. The van der Waals surface area contributed by atoms with Crippen molar-refractivity contribution in [1.82, 2.24) is 5.32 Å². The maximum absolute atomic E-state index is 11.5. The van der Waals surface area contributed by atoms with Gasteiger partial charge in [0, 0.05) is 18.7 Å². The highest BCUT2D eigenvalue weighted by molar-refractivity contribution is 5.90. The van der Waals surface area contributed by atoms with Gasteiger partial charge in [-0.1, -0.05) is 0 Å². The van der Waals surface area contributed by atoms with Crippen LogP contribution in [-0.2, 0) is 9.59 Å². The van der Waals surface area contributed by atoms with Gasteiger partial charge >= 0.3 is 0 Å². The van der Waals surface area contributed by atoms with Crippen molar-refractivity contribution in [1.29, 1.82) is 0 Å². The Kier molecular flexibility index (Phi) is 10.0. The normalized spacial score (nSPS) is 9.43. The minimum atomic E-state index is -0.160. The molecule has 0 saturated heterocycles. The summed E-state index contributed by atoms with van der Waals surface area (Å²) in [4.78, 5) is 22.7. The van der Waals surface area contributed by atoms with Gasteiger partial charge in [-0.15, -0.1) is 12.4 Å². The van der Waals surface area contributed by atoms with E-state index >= 15 is 0 Å². The third-order valence-corrected chi connectivity index (χ3v) is 2.49. The van der Waals surface area contributed by atoms with E-state index in [4.69, 9.17) is 10.5 Å². The molecule has 1 aromatic carbocycles. The molecule has 0 spiro atoms. The van der Waals surface area contributed by atoms with Crippen LogP contribution in [0.3, 0.4) is 0 Å². The highest BCUT2D eigenvalue weighted by Crippen LogP contribution is 2.15. The molecule has 0 fully saturated rings. The molecule has 0 unspecified atom stereocenters. The molecule has 1 rings (SSSR count). The zero-order valence-electron chi connectivity index (χ0n) is 12.1. The second-order valence-electron chi connectivity index (χ2n) is 4.21. The van der Waals surface area contributed by atoms with Crippen molar-refractivity contribution in [3.05, 3.63) is 24.3 Å². The summed E-state index contributed by atoms with van der Waals surface area (Å²) < 4.78 is 5.30. The molecule has 4 N–H and O–H groups in total. The number of ether oxygens (including phenoxy) is 1. The number of amides is 2. The molecule has 1 aromatic rings. The van der Waals surface area contributed by atoms with Gasteiger partial charge in [-0.3, -0.25) is 9.59 Å². The van der Waals surface area contributed by atoms with E-state index in [2.05, 4.69) is 10.6 Å². The standard InChI is InChI=1S/C14H21N3O3.ClH/c1-2-16-14(19)10-20-12-7-5-11(6-8-12)17-13(18)4-3-9-15;/h5-8H,2-4,9-10,15H2,1H3,(H,16,19)(H,17,18);1H. The number of benzene rings is 1. The number of carbonyl (C=O) groups is 2. The van der Waals surface area contributed by atoms with Crippen molar-refractivity contribution in [2.45, 2.75) is 19.8 Å². The Morgan fingerprint density at radius 1 is 1.19 bits per heavy atom. The molecule has 21 heavy (non-hydrogen) atoms. The topological polar surface area (TPSA) is 93.5 Å². The molecule has 7 heteroatoms. The van der Waals surface area contributed by atoms with E-state index in [9.17, 15) is 9.59 Å². The van der Waals surface area contributed by atoms with E-state index < -0.39 is 0 Å². The van der Waals surface area contributed by atoms with E-state index in [0.717, 1.165) is 0 Å². The molecule has 0 aromatic heterocycles. The molecular weight excluding hydrogens is 294 g/mol. The SMILES string of the molecule is CCNC(=O)COc1ccc(NC(=O)CCCN)cc1.Cl. The minimum absolute atomic E-state index is 0. The molecular formula is C14H22ClN3O3. The molecule has 0 radical (unpaired) electrons. The second kappa shape index (κ2) is 10.9. The Morgan fingerprint density at radius 3 is 2.43 bits per heavy atom. The first kappa shape index (κ1) is 19.2. The number of nitrogens with two attached hydrogens (primary N) is 1. The monoisotopic (exact) mass is 315 g/mol. The summed E-state index contributed by atoms with van der Waals surface area (Å²) in [5.41, 5.74) is 6.03. The van der Waals surface area contributed by atoms with E-state index in [-0.39, 0.29) is 30.8 Å². The Labute approximate surface area is 130 Å². The fourth-order valence-electron chi connectivity index (χ4n) is 1.52. The number of rotatable bonds is 8. The molecule has 118 valence electrons. The zero-order valence-corrected chi connectivity index (χ0v) is 12.9. The molecule has 0 aliphatic heterocycles. The van der Waals surface area contributed by atoms with Gasteiger partial charge in [-0.05, 0) is 44.2 Å². The van der Waals surface area contributed by atoms with Gasteiger partial charge in [0.15, 0.2) is 6.61 Å². The van der Waals surface area contributed by atoms with E-state index in [1.54, 1.807) is 24.3 Å². The maximum atomic E-state index is 11.5. The van der Waals surface area contributed by atoms with Gasteiger partial charge in [-0.25, -0.2) is 0 Å². The van der Waals surface area contributed by atoms with Crippen LogP contribution in [0.15, 0.2) is 24.3 Å². The summed E-state index contributed by atoms with van der Waals surface area (Å²) in [6.45, 7) is 2.91. The smallest absolute Gasteiger partial charge is 0.257 e. The summed E-state index contributed by atoms with van der Waals surface area (Å²) in [6, 6.07) is 6.87. The third kappa shape index (κ3) is 8.16. The summed E-state index contributed by atoms with van der Waals surface area (Å²) in [5, 5.41) is 5.40. The van der Waals surface area contributed by atoms with Gasteiger partial charge in [-0.2, -0.15) is 0 Å². The van der Waals surface area contributed by atoms with Crippen molar-refractivity contribution >= 4 is 29.9 Å². The number of anilines is 1. The molecule has 0 heterocycles. The number of nitrogens with one attached hydrogen (secondary N) is 2. The predicted molar refractivity (Wildman–Crippen MR) is 84.8 cm³/mol. The second-order valence-corrected chi connectivity index (χ2v) is 4.21. The molecule has 0 saturated carbocycles. The molecule has 0 aliphatic rings. The first-order chi connectivity index (χ1) is 9.65. The van der Waals surface area contributed by atoms with Crippen LogP contribution >= 0.6 is 12.4 Å². The van der Waals surface area contributed by atoms with Crippen LogP contribution in [0.1, 0.15) is 19.8 Å². The molecule has 6 nitrogen and oxygen atoms in total. The number of hydrogen-bond acceptors (Lipinski definition) is 4. The lowest BCUT2D eigenvalue weighted by atomic mass is 10.2. The number of hydrogen-bond donors (Lipinski definition) is 3. The minimum Gasteiger partial charge on any atom is -0.484 e. The predicted octanol–water partition coefficient (Wildman–Crippen LogP) is 1.30. The summed E-state index contributed by atoms with van der Waals surface area (Å²) >= 11 is 0. The number of halogens is 1. The van der Waals surface area contributed by atoms with E-state index in [0.29, 0.717) is 37.4 Å². The van der Waals surface area contributed by atoms with Crippen LogP contribution in [0.2, 0.25) is 0 Å². The van der Waals surface area contributed by atoms with Gasteiger partial charge in [0.1, 0.15) is 5.75 Å². The van der Waals surface area contributed by atoms with Crippen LogP contribution in [0.25, 0.3) is 0 Å². The Hall–Kier alpha value is -1.79. The zero-order chi connectivity index (χ0) is 14.8. The lowest BCUT2D eigenvalue weighted by molar-refractivity contribution is -0.123. The Balaban J connectivity index is 0.00000400. The quantitative estimate of drug-likeness (QED) is 0.674. The Bertz CT molecular complexity index is 438. The van der Waals surface area contributed by atoms with Gasteiger partial charge in [0.05, 0.1) is 0 Å². The van der Waals surface area contributed by atoms with Crippen molar-refractivity contribution in [3.8, 4) is 5.75 Å².